The monoisotopic (exact) mass is 340 g/mol. The Hall–Kier alpha value is -1.80. The van der Waals surface area contributed by atoms with Gasteiger partial charge in [-0.05, 0) is 62.6 Å². The maximum absolute atomic E-state index is 4.74. The fourth-order valence-corrected chi connectivity index (χ4v) is 3.54. The summed E-state index contributed by atoms with van der Waals surface area (Å²) < 4.78 is 2.54. The van der Waals surface area contributed by atoms with E-state index >= 15 is 0 Å². The minimum absolute atomic E-state index is 0. The normalized spacial score (nSPS) is 13.9. The fraction of sp³-hybridized carbons (Fsp3) is 0.381. The van der Waals surface area contributed by atoms with Gasteiger partial charge in [-0.1, -0.05) is 30.3 Å². The van der Waals surface area contributed by atoms with Gasteiger partial charge < -0.3 is 4.57 Å². The number of halogens is 1. The third-order valence-electron chi connectivity index (χ3n) is 5.25. The maximum atomic E-state index is 4.74. The quantitative estimate of drug-likeness (QED) is 0.618. The van der Waals surface area contributed by atoms with E-state index in [4.69, 9.17) is 4.98 Å². The number of benzene rings is 1. The van der Waals surface area contributed by atoms with Crippen LogP contribution in [-0.2, 0) is 19.4 Å². The number of pyridine rings is 1. The molecule has 4 rings (SSSR count). The molecule has 126 valence electrons. The van der Waals surface area contributed by atoms with Gasteiger partial charge in [0, 0.05) is 23.8 Å². The van der Waals surface area contributed by atoms with Crippen molar-refractivity contribution in [2.45, 2.75) is 46.1 Å². The van der Waals surface area contributed by atoms with Crippen LogP contribution in [0.2, 0.25) is 0 Å². The Labute approximate surface area is 150 Å². The van der Waals surface area contributed by atoms with Crippen LogP contribution < -0.4 is 0 Å². The van der Waals surface area contributed by atoms with E-state index in [1.807, 2.05) is 6.20 Å². The second kappa shape index (κ2) is 6.98. The SMILES string of the molecule is Cc1c(C)n(CC2CC2)c2c(CCc3ccccc3)nccc12.Cl. The molecule has 0 spiro atoms. The highest BCUT2D eigenvalue weighted by Crippen LogP contribution is 2.35. The molecule has 2 aromatic heterocycles. The second-order valence-corrected chi connectivity index (χ2v) is 6.90. The molecule has 24 heavy (non-hydrogen) atoms. The van der Waals surface area contributed by atoms with Crippen LogP contribution in [0.3, 0.4) is 0 Å². The Morgan fingerprint density at radius 2 is 1.79 bits per heavy atom. The smallest absolute Gasteiger partial charge is 0.0704 e. The highest BCUT2D eigenvalue weighted by molar-refractivity contribution is 5.87. The summed E-state index contributed by atoms with van der Waals surface area (Å²) in [5, 5.41) is 1.39. The summed E-state index contributed by atoms with van der Waals surface area (Å²) in [6, 6.07) is 12.9. The van der Waals surface area contributed by atoms with E-state index in [9.17, 15) is 0 Å². The Morgan fingerprint density at radius 3 is 2.50 bits per heavy atom. The third kappa shape index (κ3) is 3.21. The van der Waals surface area contributed by atoms with Gasteiger partial charge in [-0.25, -0.2) is 0 Å². The van der Waals surface area contributed by atoms with Crippen molar-refractivity contribution >= 4 is 23.3 Å². The standard InChI is InChI=1S/C21H24N2.ClH/c1-15-16(2)23(14-18-8-9-18)21-19(15)12-13-22-20(21)11-10-17-6-4-3-5-7-17;/h3-7,12-13,18H,8-11,14H2,1-2H3;1H. The van der Waals surface area contributed by atoms with E-state index in [1.165, 1.54) is 52.8 Å². The molecule has 0 bridgehead atoms. The zero-order valence-electron chi connectivity index (χ0n) is 14.5. The first-order valence-corrected chi connectivity index (χ1v) is 8.71. The number of hydrogen-bond donors (Lipinski definition) is 0. The summed E-state index contributed by atoms with van der Waals surface area (Å²) in [5.41, 5.74) is 6.86. The molecule has 3 aromatic rings. The van der Waals surface area contributed by atoms with Gasteiger partial charge in [-0.2, -0.15) is 0 Å². The van der Waals surface area contributed by atoms with Crippen molar-refractivity contribution in [3.05, 3.63) is 65.1 Å². The number of nitrogens with zero attached hydrogens (tertiary/aromatic N) is 2. The highest BCUT2D eigenvalue weighted by atomic mass is 35.5. The summed E-state index contributed by atoms with van der Waals surface area (Å²) >= 11 is 0. The van der Waals surface area contributed by atoms with Gasteiger partial charge in [0.25, 0.3) is 0 Å². The van der Waals surface area contributed by atoms with Crippen LogP contribution in [0.4, 0.5) is 0 Å². The minimum atomic E-state index is 0. The third-order valence-corrected chi connectivity index (χ3v) is 5.25. The Kier molecular flexibility index (Phi) is 4.96. The van der Waals surface area contributed by atoms with Gasteiger partial charge in [0.05, 0.1) is 11.2 Å². The molecule has 0 saturated heterocycles. The maximum Gasteiger partial charge on any atom is 0.0704 e. The molecule has 1 fully saturated rings. The van der Waals surface area contributed by atoms with E-state index in [0.717, 1.165) is 18.8 Å². The number of rotatable bonds is 5. The minimum Gasteiger partial charge on any atom is -0.343 e. The molecule has 1 saturated carbocycles. The zero-order chi connectivity index (χ0) is 15.8. The van der Waals surface area contributed by atoms with Crippen LogP contribution in [0.5, 0.6) is 0 Å². The highest BCUT2D eigenvalue weighted by Gasteiger charge is 2.24. The molecule has 0 amide bonds. The molecule has 2 heterocycles. The fourth-order valence-electron chi connectivity index (χ4n) is 3.54. The summed E-state index contributed by atoms with van der Waals surface area (Å²) in [7, 11) is 0. The molecular formula is C21H25ClN2. The van der Waals surface area contributed by atoms with Crippen LogP contribution in [-0.4, -0.2) is 9.55 Å². The first kappa shape index (κ1) is 17.0. The van der Waals surface area contributed by atoms with E-state index in [0.29, 0.717) is 0 Å². The Morgan fingerprint density at radius 1 is 1.04 bits per heavy atom. The van der Waals surface area contributed by atoms with Crippen molar-refractivity contribution in [2.24, 2.45) is 5.92 Å². The number of hydrogen-bond acceptors (Lipinski definition) is 1. The van der Waals surface area contributed by atoms with Crippen LogP contribution >= 0.6 is 12.4 Å². The first-order valence-electron chi connectivity index (χ1n) is 8.71. The molecular weight excluding hydrogens is 316 g/mol. The van der Waals surface area contributed by atoms with Crippen LogP contribution in [0.15, 0.2) is 42.6 Å². The largest absolute Gasteiger partial charge is 0.343 e. The molecule has 0 N–H and O–H groups in total. The molecule has 0 atom stereocenters. The Bertz CT molecular complexity index is 832. The lowest BCUT2D eigenvalue weighted by atomic mass is 10.1. The number of fused-ring (bicyclic) bond motifs is 1. The number of aryl methyl sites for hydroxylation is 3. The van der Waals surface area contributed by atoms with Crippen molar-refractivity contribution in [1.29, 1.82) is 0 Å². The molecule has 2 nitrogen and oxygen atoms in total. The average molecular weight is 341 g/mol. The molecule has 1 aromatic carbocycles. The molecule has 1 aliphatic rings. The lowest BCUT2D eigenvalue weighted by molar-refractivity contribution is 0.629. The van der Waals surface area contributed by atoms with E-state index in [1.54, 1.807) is 0 Å². The van der Waals surface area contributed by atoms with E-state index in [-0.39, 0.29) is 12.4 Å². The Balaban J connectivity index is 0.00000169. The first-order chi connectivity index (χ1) is 11.2. The summed E-state index contributed by atoms with van der Waals surface area (Å²) in [4.78, 5) is 4.74. The molecule has 0 aliphatic heterocycles. The molecule has 1 aliphatic carbocycles. The van der Waals surface area contributed by atoms with Gasteiger partial charge in [0.1, 0.15) is 0 Å². The summed E-state index contributed by atoms with van der Waals surface area (Å²) in [6.07, 6.45) is 6.82. The van der Waals surface area contributed by atoms with Crippen LogP contribution in [0, 0.1) is 19.8 Å². The van der Waals surface area contributed by atoms with Gasteiger partial charge in [0.15, 0.2) is 0 Å². The second-order valence-electron chi connectivity index (χ2n) is 6.90. The van der Waals surface area contributed by atoms with Gasteiger partial charge in [-0.15, -0.1) is 12.4 Å². The zero-order valence-corrected chi connectivity index (χ0v) is 15.3. The van der Waals surface area contributed by atoms with Crippen molar-refractivity contribution in [3.63, 3.8) is 0 Å². The average Bonchev–Trinajstić information content (AvgIpc) is 3.37. The van der Waals surface area contributed by atoms with Crippen molar-refractivity contribution in [3.8, 4) is 0 Å². The van der Waals surface area contributed by atoms with Crippen molar-refractivity contribution in [2.75, 3.05) is 0 Å². The van der Waals surface area contributed by atoms with Crippen molar-refractivity contribution < 1.29 is 0 Å². The van der Waals surface area contributed by atoms with E-state index < -0.39 is 0 Å². The van der Waals surface area contributed by atoms with Gasteiger partial charge in [-0.3, -0.25) is 4.98 Å². The van der Waals surface area contributed by atoms with Crippen LogP contribution in [0.25, 0.3) is 10.9 Å². The lowest BCUT2D eigenvalue weighted by Crippen LogP contribution is -2.05. The molecule has 0 unspecified atom stereocenters. The van der Waals surface area contributed by atoms with Gasteiger partial charge in [0.2, 0.25) is 0 Å². The lowest BCUT2D eigenvalue weighted by Gasteiger charge is -2.11. The molecule has 0 radical (unpaired) electrons. The summed E-state index contributed by atoms with van der Waals surface area (Å²) in [5.74, 6) is 0.880. The number of aromatic nitrogens is 2. The molecule has 3 heteroatoms. The topological polar surface area (TPSA) is 17.8 Å². The summed E-state index contributed by atoms with van der Waals surface area (Å²) in [6.45, 7) is 5.68. The predicted molar refractivity (Wildman–Crippen MR) is 103 cm³/mol. The van der Waals surface area contributed by atoms with Gasteiger partial charge >= 0.3 is 0 Å². The van der Waals surface area contributed by atoms with Crippen LogP contribution in [0.1, 0.15) is 35.4 Å². The van der Waals surface area contributed by atoms with Crippen molar-refractivity contribution in [1.82, 2.24) is 9.55 Å². The van der Waals surface area contributed by atoms with E-state index in [2.05, 4.69) is 54.8 Å². The predicted octanol–water partition coefficient (Wildman–Crippen LogP) is 5.27.